The highest BCUT2D eigenvalue weighted by atomic mass is 16.3. The Hall–Kier alpha value is -1.92. The summed E-state index contributed by atoms with van der Waals surface area (Å²) in [6.07, 6.45) is 3.89. The van der Waals surface area contributed by atoms with Crippen molar-refractivity contribution in [2.24, 2.45) is 11.8 Å². The molecule has 1 aromatic rings. The van der Waals surface area contributed by atoms with E-state index < -0.39 is 6.10 Å². The molecule has 0 bridgehead atoms. The highest BCUT2D eigenvalue weighted by molar-refractivity contribution is 5.94. The summed E-state index contributed by atoms with van der Waals surface area (Å²) in [6.45, 7) is 2.27. The van der Waals surface area contributed by atoms with Crippen molar-refractivity contribution in [3.63, 3.8) is 0 Å². The van der Waals surface area contributed by atoms with E-state index in [1.807, 2.05) is 12.1 Å². The molecule has 136 valence electrons. The highest BCUT2D eigenvalue weighted by Gasteiger charge is 2.25. The molecule has 1 saturated carbocycles. The third-order valence-electron chi connectivity index (χ3n) is 5.24. The van der Waals surface area contributed by atoms with Crippen LogP contribution in [-0.4, -0.2) is 42.7 Å². The second-order valence-electron chi connectivity index (χ2n) is 7.09. The van der Waals surface area contributed by atoms with Crippen LogP contribution in [0, 0.1) is 11.8 Å². The Morgan fingerprint density at radius 1 is 1.08 bits per heavy atom. The van der Waals surface area contributed by atoms with E-state index >= 15 is 0 Å². The van der Waals surface area contributed by atoms with Gasteiger partial charge in [0.1, 0.15) is 0 Å². The lowest BCUT2D eigenvalue weighted by atomic mass is 10.1. The van der Waals surface area contributed by atoms with Crippen molar-refractivity contribution >= 4 is 11.8 Å². The molecular weight excluding hydrogens is 318 g/mol. The van der Waals surface area contributed by atoms with Crippen LogP contribution < -0.4 is 16.0 Å². The summed E-state index contributed by atoms with van der Waals surface area (Å²) < 4.78 is 0. The van der Waals surface area contributed by atoms with Gasteiger partial charge in [-0.3, -0.25) is 9.59 Å². The fourth-order valence-corrected chi connectivity index (χ4v) is 3.55. The van der Waals surface area contributed by atoms with Gasteiger partial charge in [0, 0.05) is 43.6 Å². The summed E-state index contributed by atoms with van der Waals surface area (Å²) in [6, 6.07) is 7.29. The van der Waals surface area contributed by atoms with Crippen LogP contribution in [0.1, 0.15) is 41.6 Å². The summed E-state index contributed by atoms with van der Waals surface area (Å²) in [7, 11) is 0. The third kappa shape index (κ3) is 4.80. The first-order chi connectivity index (χ1) is 12.1. The maximum atomic E-state index is 12.2. The zero-order chi connectivity index (χ0) is 17.6. The van der Waals surface area contributed by atoms with Gasteiger partial charge >= 0.3 is 0 Å². The predicted molar refractivity (Wildman–Crippen MR) is 94.9 cm³/mol. The van der Waals surface area contributed by atoms with Gasteiger partial charge in [-0.25, -0.2) is 0 Å². The second kappa shape index (κ2) is 8.45. The number of rotatable bonds is 6. The Morgan fingerprint density at radius 2 is 1.80 bits per heavy atom. The first-order valence-electron chi connectivity index (χ1n) is 9.17. The number of aliphatic hydroxyl groups excluding tert-OH is 1. The molecule has 25 heavy (non-hydrogen) atoms. The lowest BCUT2D eigenvalue weighted by Gasteiger charge is -2.14. The van der Waals surface area contributed by atoms with Crippen molar-refractivity contribution in [2.75, 3.05) is 19.6 Å². The van der Waals surface area contributed by atoms with Crippen LogP contribution in [0.5, 0.6) is 0 Å². The van der Waals surface area contributed by atoms with Gasteiger partial charge in [0.2, 0.25) is 5.91 Å². The molecule has 2 aliphatic rings. The quantitative estimate of drug-likeness (QED) is 0.614. The van der Waals surface area contributed by atoms with Crippen molar-refractivity contribution in [2.45, 2.75) is 38.3 Å². The zero-order valence-electron chi connectivity index (χ0n) is 14.5. The van der Waals surface area contributed by atoms with Gasteiger partial charge in [0.15, 0.2) is 0 Å². The second-order valence-corrected chi connectivity index (χ2v) is 7.09. The molecular formula is C19H27N3O3. The minimum Gasteiger partial charge on any atom is -0.391 e. The molecule has 2 atom stereocenters. The molecule has 2 fully saturated rings. The van der Waals surface area contributed by atoms with E-state index in [0.717, 1.165) is 37.8 Å². The zero-order valence-corrected chi connectivity index (χ0v) is 14.5. The van der Waals surface area contributed by atoms with E-state index in [0.29, 0.717) is 25.2 Å². The summed E-state index contributed by atoms with van der Waals surface area (Å²) >= 11 is 0. The molecule has 1 aliphatic heterocycles. The molecule has 3 rings (SSSR count). The highest BCUT2D eigenvalue weighted by Crippen LogP contribution is 2.24. The minimum absolute atomic E-state index is 0.0639. The van der Waals surface area contributed by atoms with E-state index in [-0.39, 0.29) is 23.7 Å². The summed E-state index contributed by atoms with van der Waals surface area (Å²) in [5.41, 5.74) is 1.57. The minimum atomic E-state index is -0.397. The number of benzene rings is 1. The topological polar surface area (TPSA) is 90.5 Å². The van der Waals surface area contributed by atoms with Gasteiger partial charge in [0.05, 0.1) is 6.10 Å². The molecule has 4 N–H and O–H groups in total. The maximum Gasteiger partial charge on any atom is 0.251 e. The van der Waals surface area contributed by atoms with Crippen molar-refractivity contribution in [3.05, 3.63) is 35.4 Å². The van der Waals surface area contributed by atoms with E-state index in [4.69, 9.17) is 0 Å². The van der Waals surface area contributed by atoms with Crippen molar-refractivity contribution < 1.29 is 14.7 Å². The molecule has 1 heterocycles. The molecule has 1 aliphatic carbocycles. The smallest absolute Gasteiger partial charge is 0.251 e. The lowest BCUT2D eigenvalue weighted by Crippen LogP contribution is -2.34. The predicted octanol–water partition coefficient (Wildman–Crippen LogP) is 0.803. The molecule has 2 amide bonds. The lowest BCUT2D eigenvalue weighted by molar-refractivity contribution is -0.124. The average Bonchev–Trinajstić information content (AvgIpc) is 3.30. The fraction of sp³-hybridized carbons (Fsp3) is 0.579. The molecule has 6 heteroatoms. The van der Waals surface area contributed by atoms with Gasteiger partial charge in [-0.2, -0.15) is 0 Å². The van der Waals surface area contributed by atoms with Crippen LogP contribution >= 0.6 is 0 Å². The van der Waals surface area contributed by atoms with Crippen LogP contribution in [0.25, 0.3) is 0 Å². The van der Waals surface area contributed by atoms with E-state index in [1.54, 1.807) is 12.1 Å². The summed E-state index contributed by atoms with van der Waals surface area (Å²) in [5.74, 6) is 0.239. The molecule has 0 spiro atoms. The Balaban J connectivity index is 1.44. The first-order valence-corrected chi connectivity index (χ1v) is 9.17. The number of amides is 2. The fourth-order valence-electron chi connectivity index (χ4n) is 3.55. The molecule has 1 aromatic carbocycles. The Bertz CT molecular complexity index is 596. The van der Waals surface area contributed by atoms with Crippen LogP contribution in [0.15, 0.2) is 24.3 Å². The molecule has 0 radical (unpaired) electrons. The SMILES string of the molecule is O=C(NCC1CNCC1O)c1ccc(CNC(=O)C2CCCC2)cc1. The molecule has 1 saturated heterocycles. The summed E-state index contributed by atoms with van der Waals surface area (Å²) in [5, 5.41) is 18.7. The van der Waals surface area contributed by atoms with Crippen molar-refractivity contribution in [1.29, 1.82) is 0 Å². The van der Waals surface area contributed by atoms with Crippen LogP contribution in [0.3, 0.4) is 0 Å². The molecule has 0 aromatic heterocycles. The third-order valence-corrected chi connectivity index (χ3v) is 5.24. The molecule has 2 unspecified atom stereocenters. The van der Waals surface area contributed by atoms with Gasteiger partial charge in [-0.1, -0.05) is 25.0 Å². The monoisotopic (exact) mass is 345 g/mol. The number of aliphatic hydroxyl groups is 1. The normalized spacial score (nSPS) is 23.6. The molecule has 6 nitrogen and oxygen atoms in total. The Labute approximate surface area is 148 Å². The number of carbonyl (C=O) groups is 2. The van der Waals surface area contributed by atoms with Crippen LogP contribution in [0.4, 0.5) is 0 Å². The largest absolute Gasteiger partial charge is 0.391 e. The van der Waals surface area contributed by atoms with Crippen LogP contribution in [0.2, 0.25) is 0 Å². The number of nitrogens with one attached hydrogen (secondary N) is 3. The van der Waals surface area contributed by atoms with Gasteiger partial charge in [-0.15, -0.1) is 0 Å². The van der Waals surface area contributed by atoms with Crippen LogP contribution in [-0.2, 0) is 11.3 Å². The number of hydrogen-bond acceptors (Lipinski definition) is 4. The van der Waals surface area contributed by atoms with Gasteiger partial charge in [0.25, 0.3) is 5.91 Å². The van der Waals surface area contributed by atoms with Crippen molar-refractivity contribution in [3.8, 4) is 0 Å². The van der Waals surface area contributed by atoms with E-state index in [9.17, 15) is 14.7 Å². The van der Waals surface area contributed by atoms with Gasteiger partial charge < -0.3 is 21.1 Å². The first kappa shape index (κ1) is 17.9. The Morgan fingerprint density at radius 3 is 2.44 bits per heavy atom. The number of β-amino-alcohol motifs (C(OH)–C–C–N with tert-alkyl or cyclic N) is 1. The standard InChI is InChI=1S/C19H27N3O3/c23-17-12-20-10-16(17)11-22-19(25)15-7-5-13(6-8-15)9-21-18(24)14-3-1-2-4-14/h5-8,14,16-17,20,23H,1-4,9-12H2,(H,21,24)(H,22,25). The number of carbonyl (C=O) groups excluding carboxylic acids is 2. The summed E-state index contributed by atoms with van der Waals surface area (Å²) in [4.78, 5) is 24.2. The average molecular weight is 345 g/mol. The van der Waals surface area contributed by atoms with Gasteiger partial charge in [-0.05, 0) is 30.5 Å². The number of hydrogen-bond donors (Lipinski definition) is 4. The van der Waals surface area contributed by atoms with Crippen molar-refractivity contribution in [1.82, 2.24) is 16.0 Å². The van der Waals surface area contributed by atoms with E-state index in [2.05, 4.69) is 16.0 Å². The Kier molecular flexibility index (Phi) is 6.04. The maximum absolute atomic E-state index is 12.2. The van der Waals surface area contributed by atoms with E-state index in [1.165, 1.54) is 0 Å².